The highest BCUT2D eigenvalue weighted by atomic mass is 35.5. The fourth-order valence-corrected chi connectivity index (χ4v) is 4.08. The number of aromatic nitrogens is 1. The highest BCUT2D eigenvalue weighted by Crippen LogP contribution is 2.25. The van der Waals surface area contributed by atoms with Crippen molar-refractivity contribution in [1.82, 2.24) is 10.3 Å². The lowest BCUT2D eigenvalue weighted by Gasteiger charge is -2.05. The van der Waals surface area contributed by atoms with Crippen LogP contribution in [0.15, 0.2) is 52.9 Å². The number of benzene rings is 2. The molecule has 152 valence electrons. The molecular weight excluding hydrogens is 408 g/mol. The second-order valence-corrected chi connectivity index (χ2v) is 8.69. The molecule has 0 aliphatic rings. The van der Waals surface area contributed by atoms with Crippen LogP contribution in [0.3, 0.4) is 0 Å². The monoisotopic (exact) mass is 430 g/mol. The van der Waals surface area contributed by atoms with Crippen molar-refractivity contribution in [3.63, 3.8) is 0 Å². The lowest BCUT2D eigenvalue weighted by atomic mass is 10.1. The first-order valence-corrected chi connectivity index (χ1v) is 11.2. The highest BCUT2D eigenvalue weighted by molar-refractivity contribution is 7.84. The first-order valence-electron chi connectivity index (χ1n) is 9.31. The molecule has 1 atom stereocenters. The molecule has 0 aliphatic carbocycles. The molecule has 0 radical (unpaired) electrons. The summed E-state index contributed by atoms with van der Waals surface area (Å²) in [7, 11) is -1.36. The van der Waals surface area contributed by atoms with Crippen molar-refractivity contribution < 1.29 is 13.4 Å². The molecule has 0 bridgehead atoms. The molecule has 1 amide bonds. The van der Waals surface area contributed by atoms with E-state index in [0.717, 1.165) is 16.7 Å². The third kappa shape index (κ3) is 6.02. The van der Waals surface area contributed by atoms with E-state index in [0.29, 0.717) is 35.3 Å². The Morgan fingerprint density at radius 3 is 2.59 bits per heavy atom. The van der Waals surface area contributed by atoms with Crippen molar-refractivity contribution in [2.24, 2.45) is 0 Å². The number of aryl methyl sites for hydroxylation is 2. The number of rotatable bonds is 8. The largest absolute Gasteiger partial charge is 0.441 e. The molecule has 0 saturated heterocycles. The zero-order valence-corrected chi connectivity index (χ0v) is 18.0. The van der Waals surface area contributed by atoms with E-state index in [2.05, 4.69) is 10.3 Å². The van der Waals surface area contributed by atoms with Gasteiger partial charge in [0.1, 0.15) is 11.5 Å². The summed E-state index contributed by atoms with van der Waals surface area (Å²) in [6.45, 7) is 4.27. The standard InChI is InChI=1S/C22H23ClN2O3S/c1-15-5-3-4-6-19(15)22-25-20(16(2)28-22)13-29(27)14-21(26)24-12-11-17-7-9-18(23)10-8-17/h3-10H,11-14H2,1-2H3,(H,24,26)/t29-/m1/s1. The van der Waals surface area contributed by atoms with Gasteiger partial charge in [0.05, 0.1) is 11.4 Å². The van der Waals surface area contributed by atoms with Gasteiger partial charge in [-0.3, -0.25) is 9.00 Å². The Hall–Kier alpha value is -2.44. The zero-order chi connectivity index (χ0) is 20.8. The molecule has 0 spiro atoms. The molecule has 3 rings (SSSR count). The van der Waals surface area contributed by atoms with Gasteiger partial charge >= 0.3 is 0 Å². The number of oxazole rings is 1. The summed E-state index contributed by atoms with van der Waals surface area (Å²) in [5, 5.41) is 3.49. The third-order valence-electron chi connectivity index (χ3n) is 4.51. The fraction of sp³-hybridized carbons (Fsp3) is 0.273. The Morgan fingerprint density at radius 2 is 1.86 bits per heavy atom. The van der Waals surface area contributed by atoms with Crippen molar-refractivity contribution in [3.8, 4) is 11.5 Å². The molecular formula is C22H23ClN2O3S. The van der Waals surface area contributed by atoms with Gasteiger partial charge in [-0.15, -0.1) is 0 Å². The van der Waals surface area contributed by atoms with E-state index in [-0.39, 0.29) is 17.4 Å². The van der Waals surface area contributed by atoms with Crippen molar-refractivity contribution in [3.05, 3.63) is 76.1 Å². The smallest absolute Gasteiger partial charge is 0.232 e. The molecule has 0 fully saturated rings. The summed E-state index contributed by atoms with van der Waals surface area (Å²) < 4.78 is 18.2. The van der Waals surface area contributed by atoms with E-state index in [9.17, 15) is 9.00 Å². The topological polar surface area (TPSA) is 72.2 Å². The van der Waals surface area contributed by atoms with E-state index in [1.807, 2.05) is 55.5 Å². The van der Waals surface area contributed by atoms with Crippen molar-refractivity contribution in [2.75, 3.05) is 12.3 Å². The minimum Gasteiger partial charge on any atom is -0.441 e. The summed E-state index contributed by atoms with van der Waals surface area (Å²) >= 11 is 5.86. The van der Waals surface area contributed by atoms with E-state index in [1.165, 1.54) is 0 Å². The fourth-order valence-electron chi connectivity index (χ4n) is 2.89. The molecule has 3 aromatic rings. The predicted molar refractivity (Wildman–Crippen MR) is 116 cm³/mol. The number of hydrogen-bond donors (Lipinski definition) is 1. The van der Waals surface area contributed by atoms with Crippen LogP contribution in [0.2, 0.25) is 5.02 Å². The number of nitrogens with one attached hydrogen (secondary N) is 1. The summed E-state index contributed by atoms with van der Waals surface area (Å²) in [4.78, 5) is 16.6. The van der Waals surface area contributed by atoms with Gasteiger partial charge < -0.3 is 9.73 Å². The normalized spacial score (nSPS) is 12.0. The molecule has 2 aromatic carbocycles. The second kappa shape index (κ2) is 9.85. The Bertz CT molecular complexity index is 1020. The van der Waals surface area contributed by atoms with Crippen molar-refractivity contribution >= 4 is 28.3 Å². The minimum atomic E-state index is -1.36. The third-order valence-corrected chi connectivity index (χ3v) is 5.94. The molecule has 1 N–H and O–H groups in total. The second-order valence-electron chi connectivity index (χ2n) is 6.79. The van der Waals surface area contributed by atoms with Gasteiger partial charge in [-0.1, -0.05) is 41.9 Å². The average molecular weight is 431 g/mol. The van der Waals surface area contributed by atoms with E-state index < -0.39 is 10.8 Å². The first kappa shape index (κ1) is 21.3. The summed E-state index contributed by atoms with van der Waals surface area (Å²) in [5.74, 6) is 1.02. The summed E-state index contributed by atoms with van der Waals surface area (Å²) in [6, 6.07) is 15.3. The van der Waals surface area contributed by atoms with Gasteiger partial charge in [-0.05, 0) is 49.6 Å². The Kier molecular flexibility index (Phi) is 7.23. The molecule has 5 nitrogen and oxygen atoms in total. The van der Waals surface area contributed by atoms with Gasteiger partial charge in [0.2, 0.25) is 11.8 Å². The lowest BCUT2D eigenvalue weighted by molar-refractivity contribution is -0.118. The molecule has 1 heterocycles. The zero-order valence-electron chi connectivity index (χ0n) is 16.4. The van der Waals surface area contributed by atoms with Gasteiger partial charge in [0, 0.05) is 27.9 Å². The molecule has 0 unspecified atom stereocenters. The summed E-state index contributed by atoms with van der Waals surface area (Å²) in [5.41, 5.74) is 3.67. The number of carbonyl (C=O) groups excluding carboxylic acids is 1. The van der Waals surface area contributed by atoms with Crippen LogP contribution in [-0.2, 0) is 27.8 Å². The van der Waals surface area contributed by atoms with Crippen LogP contribution in [0.4, 0.5) is 0 Å². The maximum Gasteiger partial charge on any atom is 0.232 e. The van der Waals surface area contributed by atoms with Crippen LogP contribution >= 0.6 is 11.6 Å². The van der Waals surface area contributed by atoms with Crippen LogP contribution in [0.25, 0.3) is 11.5 Å². The van der Waals surface area contributed by atoms with E-state index >= 15 is 0 Å². The quantitative estimate of drug-likeness (QED) is 0.580. The maximum absolute atomic E-state index is 12.4. The van der Waals surface area contributed by atoms with Gasteiger partial charge in [-0.2, -0.15) is 0 Å². The molecule has 0 aliphatic heterocycles. The number of amides is 1. The molecule has 29 heavy (non-hydrogen) atoms. The molecule has 0 saturated carbocycles. The van der Waals surface area contributed by atoms with Crippen LogP contribution < -0.4 is 5.32 Å². The SMILES string of the molecule is Cc1ccccc1-c1nc(C[S@@](=O)CC(=O)NCCc2ccc(Cl)cc2)c(C)o1. The summed E-state index contributed by atoms with van der Waals surface area (Å²) in [6.07, 6.45) is 0.692. The van der Waals surface area contributed by atoms with Gasteiger partial charge in [-0.25, -0.2) is 4.98 Å². The number of halogens is 1. The number of hydrogen-bond acceptors (Lipinski definition) is 4. The molecule has 7 heteroatoms. The van der Waals surface area contributed by atoms with Crippen LogP contribution in [0.1, 0.15) is 22.6 Å². The van der Waals surface area contributed by atoms with Crippen LogP contribution in [-0.4, -0.2) is 27.4 Å². The number of carbonyl (C=O) groups is 1. The highest BCUT2D eigenvalue weighted by Gasteiger charge is 2.16. The van der Waals surface area contributed by atoms with Gasteiger partial charge in [0.15, 0.2) is 0 Å². The van der Waals surface area contributed by atoms with Crippen LogP contribution in [0, 0.1) is 13.8 Å². The van der Waals surface area contributed by atoms with E-state index in [1.54, 1.807) is 6.92 Å². The average Bonchev–Trinajstić information content (AvgIpc) is 3.03. The van der Waals surface area contributed by atoms with Gasteiger partial charge in [0.25, 0.3) is 0 Å². The molecule has 1 aromatic heterocycles. The Balaban J connectivity index is 1.50. The first-order chi connectivity index (χ1) is 13.9. The van der Waals surface area contributed by atoms with Crippen LogP contribution in [0.5, 0.6) is 0 Å². The lowest BCUT2D eigenvalue weighted by Crippen LogP contribution is -2.30. The maximum atomic E-state index is 12.4. The minimum absolute atomic E-state index is 0.0629. The van der Waals surface area contributed by atoms with E-state index in [4.69, 9.17) is 16.0 Å². The van der Waals surface area contributed by atoms with Crippen molar-refractivity contribution in [2.45, 2.75) is 26.0 Å². The van der Waals surface area contributed by atoms with Crippen molar-refractivity contribution in [1.29, 1.82) is 0 Å². The Labute approximate surface area is 178 Å². The number of nitrogens with zero attached hydrogens (tertiary/aromatic N) is 1. The predicted octanol–water partition coefficient (Wildman–Crippen LogP) is 4.22. The Morgan fingerprint density at radius 1 is 1.14 bits per heavy atom.